The third kappa shape index (κ3) is 3.35. The van der Waals surface area contributed by atoms with Crippen LogP contribution in [0, 0.1) is 5.92 Å². The first-order valence-corrected chi connectivity index (χ1v) is 6.27. The lowest BCUT2D eigenvalue weighted by atomic mass is 10.0. The number of carboxylic acids is 1. The SMILES string of the molecule is CCC(NC(=O)N1CCCC1C(=O)O)C(C)C. The summed E-state index contributed by atoms with van der Waals surface area (Å²) in [6.45, 7) is 6.65. The van der Waals surface area contributed by atoms with Crippen molar-refractivity contribution in [2.24, 2.45) is 5.92 Å². The van der Waals surface area contributed by atoms with E-state index in [0.29, 0.717) is 18.9 Å². The second-order valence-corrected chi connectivity index (χ2v) is 4.90. The third-order valence-corrected chi connectivity index (χ3v) is 3.35. The van der Waals surface area contributed by atoms with Crippen LogP contribution in [0.3, 0.4) is 0 Å². The van der Waals surface area contributed by atoms with Crippen LogP contribution in [0.1, 0.15) is 40.0 Å². The molecule has 1 heterocycles. The first-order valence-electron chi connectivity index (χ1n) is 6.27. The normalized spacial score (nSPS) is 21.6. The summed E-state index contributed by atoms with van der Waals surface area (Å²) >= 11 is 0. The third-order valence-electron chi connectivity index (χ3n) is 3.35. The highest BCUT2D eigenvalue weighted by molar-refractivity contribution is 5.83. The Balaban J connectivity index is 2.60. The van der Waals surface area contributed by atoms with Crippen molar-refractivity contribution in [2.45, 2.75) is 52.1 Å². The summed E-state index contributed by atoms with van der Waals surface area (Å²) in [5.74, 6) is -0.551. The second-order valence-electron chi connectivity index (χ2n) is 4.90. The van der Waals surface area contributed by atoms with Crippen LogP contribution >= 0.6 is 0 Å². The van der Waals surface area contributed by atoms with Crippen molar-refractivity contribution < 1.29 is 14.7 Å². The number of carboxylic acid groups (broad SMARTS) is 1. The van der Waals surface area contributed by atoms with Crippen LogP contribution < -0.4 is 5.32 Å². The van der Waals surface area contributed by atoms with E-state index in [4.69, 9.17) is 5.11 Å². The van der Waals surface area contributed by atoms with Gasteiger partial charge in [-0.3, -0.25) is 0 Å². The zero-order valence-electron chi connectivity index (χ0n) is 10.8. The molecule has 1 aliphatic heterocycles. The Hall–Kier alpha value is -1.26. The van der Waals surface area contributed by atoms with Crippen molar-refractivity contribution in [3.63, 3.8) is 0 Å². The number of carbonyl (C=O) groups is 2. The molecule has 2 atom stereocenters. The minimum atomic E-state index is -0.907. The number of urea groups is 1. The number of nitrogens with zero attached hydrogens (tertiary/aromatic N) is 1. The largest absolute Gasteiger partial charge is 0.480 e. The molecule has 98 valence electrons. The molecule has 1 rings (SSSR count). The average molecular weight is 242 g/mol. The number of rotatable bonds is 4. The van der Waals surface area contributed by atoms with E-state index in [2.05, 4.69) is 5.32 Å². The van der Waals surface area contributed by atoms with Gasteiger partial charge in [-0.25, -0.2) is 9.59 Å². The van der Waals surface area contributed by atoms with Gasteiger partial charge in [0.1, 0.15) is 6.04 Å². The minimum Gasteiger partial charge on any atom is -0.480 e. The van der Waals surface area contributed by atoms with Gasteiger partial charge < -0.3 is 15.3 Å². The van der Waals surface area contributed by atoms with Crippen LogP contribution in [0.25, 0.3) is 0 Å². The Labute approximate surface area is 102 Å². The van der Waals surface area contributed by atoms with Crippen LogP contribution in [-0.4, -0.2) is 40.6 Å². The molecule has 0 spiro atoms. The van der Waals surface area contributed by atoms with Crippen molar-refractivity contribution >= 4 is 12.0 Å². The monoisotopic (exact) mass is 242 g/mol. The molecule has 1 saturated heterocycles. The highest BCUT2D eigenvalue weighted by Gasteiger charge is 2.34. The predicted octanol–water partition coefficient (Wildman–Crippen LogP) is 1.68. The van der Waals surface area contributed by atoms with Crippen LogP contribution in [0.4, 0.5) is 4.79 Å². The molecule has 2 N–H and O–H groups in total. The number of amides is 2. The van der Waals surface area contributed by atoms with Crippen LogP contribution in [0.2, 0.25) is 0 Å². The molecule has 0 bridgehead atoms. The zero-order valence-corrected chi connectivity index (χ0v) is 10.8. The summed E-state index contributed by atoms with van der Waals surface area (Å²) in [6.07, 6.45) is 2.18. The van der Waals surface area contributed by atoms with E-state index in [1.54, 1.807) is 0 Å². The first kappa shape index (κ1) is 13.8. The summed E-state index contributed by atoms with van der Waals surface area (Å²) in [7, 11) is 0. The number of hydrogen-bond donors (Lipinski definition) is 2. The van der Waals surface area contributed by atoms with Gasteiger partial charge >= 0.3 is 12.0 Å². The lowest BCUT2D eigenvalue weighted by Gasteiger charge is -2.27. The fraction of sp³-hybridized carbons (Fsp3) is 0.833. The predicted molar refractivity (Wildman–Crippen MR) is 64.8 cm³/mol. The van der Waals surface area contributed by atoms with Gasteiger partial charge in [0, 0.05) is 12.6 Å². The molecule has 5 heteroatoms. The molecule has 0 radical (unpaired) electrons. The smallest absolute Gasteiger partial charge is 0.326 e. The van der Waals surface area contributed by atoms with Gasteiger partial charge in [0.15, 0.2) is 0 Å². The summed E-state index contributed by atoms with van der Waals surface area (Å²) < 4.78 is 0. The summed E-state index contributed by atoms with van der Waals surface area (Å²) in [5, 5.41) is 11.9. The van der Waals surface area contributed by atoms with E-state index in [1.165, 1.54) is 4.90 Å². The topological polar surface area (TPSA) is 69.6 Å². The molecule has 1 aliphatic rings. The molecule has 2 amide bonds. The fourth-order valence-electron chi connectivity index (χ4n) is 2.25. The lowest BCUT2D eigenvalue weighted by Crippen LogP contribution is -2.50. The summed E-state index contributed by atoms with van der Waals surface area (Å²) in [6, 6.07) is -0.785. The molecule has 0 aromatic carbocycles. The highest BCUT2D eigenvalue weighted by atomic mass is 16.4. The van der Waals surface area contributed by atoms with Crippen molar-refractivity contribution in [2.75, 3.05) is 6.54 Å². The number of likely N-dealkylation sites (tertiary alicyclic amines) is 1. The van der Waals surface area contributed by atoms with Gasteiger partial charge in [-0.2, -0.15) is 0 Å². The Morgan fingerprint density at radius 1 is 1.47 bits per heavy atom. The molecule has 17 heavy (non-hydrogen) atoms. The van der Waals surface area contributed by atoms with Gasteiger partial charge in [0.05, 0.1) is 0 Å². The van der Waals surface area contributed by atoms with Crippen LogP contribution in [0.5, 0.6) is 0 Å². The van der Waals surface area contributed by atoms with Gasteiger partial charge in [0.25, 0.3) is 0 Å². The lowest BCUT2D eigenvalue weighted by molar-refractivity contribution is -0.141. The number of aliphatic carboxylic acids is 1. The highest BCUT2D eigenvalue weighted by Crippen LogP contribution is 2.18. The number of carbonyl (C=O) groups excluding carboxylic acids is 1. The first-order chi connectivity index (χ1) is 7.97. The number of nitrogens with one attached hydrogen (secondary N) is 1. The van der Waals surface area contributed by atoms with Crippen LogP contribution in [-0.2, 0) is 4.79 Å². The fourth-order valence-corrected chi connectivity index (χ4v) is 2.25. The van der Waals surface area contributed by atoms with Gasteiger partial charge in [0.2, 0.25) is 0 Å². The maximum atomic E-state index is 12.0. The van der Waals surface area contributed by atoms with E-state index in [1.807, 2.05) is 20.8 Å². The van der Waals surface area contributed by atoms with E-state index in [-0.39, 0.29) is 12.1 Å². The van der Waals surface area contributed by atoms with E-state index in [9.17, 15) is 9.59 Å². The molecule has 5 nitrogen and oxygen atoms in total. The van der Waals surface area contributed by atoms with Gasteiger partial charge in [-0.15, -0.1) is 0 Å². The Morgan fingerprint density at radius 2 is 2.12 bits per heavy atom. The molecule has 0 saturated carbocycles. The van der Waals surface area contributed by atoms with Crippen molar-refractivity contribution in [3.8, 4) is 0 Å². The molecule has 0 aromatic heterocycles. The zero-order chi connectivity index (χ0) is 13.0. The van der Waals surface area contributed by atoms with Crippen molar-refractivity contribution in [1.82, 2.24) is 10.2 Å². The number of hydrogen-bond acceptors (Lipinski definition) is 2. The Bertz CT molecular complexity index is 291. The molecule has 0 aliphatic carbocycles. The maximum absolute atomic E-state index is 12.0. The van der Waals surface area contributed by atoms with Crippen molar-refractivity contribution in [1.29, 1.82) is 0 Å². The molecular weight excluding hydrogens is 220 g/mol. The Kier molecular flexibility index (Phi) is 4.78. The van der Waals surface area contributed by atoms with Gasteiger partial charge in [-0.05, 0) is 25.2 Å². The summed E-state index contributed by atoms with van der Waals surface area (Å²) in [4.78, 5) is 24.4. The van der Waals surface area contributed by atoms with E-state index in [0.717, 1.165) is 12.8 Å². The maximum Gasteiger partial charge on any atom is 0.326 e. The standard InChI is InChI=1S/C12H22N2O3/c1-4-9(8(2)3)13-12(17)14-7-5-6-10(14)11(15)16/h8-10H,4-7H2,1-3H3,(H,13,17)(H,15,16). The van der Waals surface area contributed by atoms with Crippen LogP contribution in [0.15, 0.2) is 0 Å². The molecule has 1 fully saturated rings. The second kappa shape index (κ2) is 5.89. The molecular formula is C12H22N2O3. The Morgan fingerprint density at radius 3 is 2.59 bits per heavy atom. The quantitative estimate of drug-likeness (QED) is 0.788. The minimum absolute atomic E-state index is 0.109. The van der Waals surface area contributed by atoms with Crippen molar-refractivity contribution in [3.05, 3.63) is 0 Å². The van der Waals surface area contributed by atoms with Gasteiger partial charge in [-0.1, -0.05) is 20.8 Å². The molecule has 2 unspecified atom stereocenters. The summed E-state index contributed by atoms with van der Waals surface area (Å²) in [5.41, 5.74) is 0. The van der Waals surface area contributed by atoms with E-state index >= 15 is 0 Å². The average Bonchev–Trinajstić information content (AvgIpc) is 2.73. The molecule has 0 aromatic rings. The van der Waals surface area contributed by atoms with E-state index < -0.39 is 12.0 Å².